The first-order chi connectivity index (χ1) is 31.5. The number of alkyl halides is 5. The fourth-order valence-electron chi connectivity index (χ4n) is 11.3. The Kier molecular flexibility index (Phi) is 11.7. The SMILES string of the molecule is C[C@@H](C1CCN(c2ncc(Cl)c(Nc3ccc4c(c3)c3c(c(=O)n4C)OCC(F)(F)[C@H](C4CC4)N3)n2)CC1)[In]1[CH2]CC(c2ccc3c(C4CCC(=O)NC4=O)nn(C)c3c2C(F)(F)F)C[CH2]1. The fraction of sp³-hybridized carbons (Fsp3) is 0.522. The zero-order valence-corrected chi connectivity index (χ0v) is 40.8. The zero-order chi connectivity index (χ0) is 46.4. The summed E-state index contributed by atoms with van der Waals surface area (Å²) in [5.74, 6) is -4.04. The van der Waals surface area contributed by atoms with Crippen LogP contribution in [0.2, 0.25) is 17.1 Å². The molecule has 2 aromatic carbocycles. The third-order valence-corrected chi connectivity index (χ3v) is 27.3. The van der Waals surface area contributed by atoms with Crippen LogP contribution in [0, 0.1) is 11.8 Å². The molecule has 2 amide bonds. The van der Waals surface area contributed by atoms with Gasteiger partial charge in [0.15, 0.2) is 6.61 Å². The molecule has 66 heavy (non-hydrogen) atoms. The van der Waals surface area contributed by atoms with Gasteiger partial charge in [0.1, 0.15) is 0 Å². The van der Waals surface area contributed by atoms with Crippen LogP contribution < -0.4 is 31.1 Å². The molecule has 1 saturated carbocycles. The van der Waals surface area contributed by atoms with E-state index in [1.54, 1.807) is 43.6 Å². The number of aromatic nitrogens is 5. The number of amides is 2. The summed E-state index contributed by atoms with van der Waals surface area (Å²) in [6.45, 7) is 2.96. The van der Waals surface area contributed by atoms with Crippen molar-refractivity contribution >= 4 is 89.8 Å². The van der Waals surface area contributed by atoms with Crippen LogP contribution in [0.15, 0.2) is 41.3 Å². The van der Waals surface area contributed by atoms with Gasteiger partial charge >= 0.3 is 298 Å². The molecule has 3 aromatic heterocycles. The van der Waals surface area contributed by atoms with E-state index in [0.29, 0.717) is 66.8 Å². The van der Waals surface area contributed by atoms with E-state index >= 15 is 22.0 Å². The molecule has 13 nitrogen and oxygen atoms in total. The number of fused-ring (bicyclic) bond motifs is 4. The van der Waals surface area contributed by atoms with Crippen LogP contribution in [0.5, 0.6) is 5.75 Å². The maximum atomic E-state index is 15.2. The van der Waals surface area contributed by atoms with Gasteiger partial charge in [0, 0.05) is 7.05 Å². The number of imide groups is 1. The minimum atomic E-state index is -4.62. The summed E-state index contributed by atoms with van der Waals surface area (Å²) in [6, 6.07) is 7.43. The van der Waals surface area contributed by atoms with Crippen LogP contribution in [-0.2, 0) is 29.9 Å². The van der Waals surface area contributed by atoms with Crippen LogP contribution in [0.4, 0.5) is 45.1 Å². The van der Waals surface area contributed by atoms with Crippen LogP contribution in [0.1, 0.15) is 86.9 Å². The molecule has 4 fully saturated rings. The van der Waals surface area contributed by atoms with Gasteiger partial charge in [-0.25, -0.2) is 8.78 Å². The number of ether oxygens (including phenoxy) is 1. The van der Waals surface area contributed by atoms with E-state index in [0.717, 1.165) is 47.1 Å². The molecule has 3 N–H and O–H groups in total. The zero-order valence-electron chi connectivity index (χ0n) is 36.8. The van der Waals surface area contributed by atoms with Crippen molar-refractivity contribution in [2.24, 2.45) is 25.9 Å². The molecule has 1 aliphatic carbocycles. The Morgan fingerprint density at radius 3 is 2.42 bits per heavy atom. The molecule has 1 unspecified atom stereocenters. The van der Waals surface area contributed by atoms with E-state index in [-0.39, 0.29) is 47.3 Å². The van der Waals surface area contributed by atoms with E-state index in [9.17, 15) is 14.4 Å². The number of anilines is 4. The first-order valence-corrected chi connectivity index (χ1v) is 29.8. The Morgan fingerprint density at radius 2 is 1.73 bits per heavy atom. The number of nitrogens with zero attached hydrogens (tertiary/aromatic N) is 6. The van der Waals surface area contributed by atoms with Gasteiger partial charge in [-0.3, -0.25) is 9.59 Å². The first kappa shape index (κ1) is 45.1. The molecule has 0 radical (unpaired) electrons. The normalized spacial score (nSPS) is 22.4. The average molecular weight is 1040 g/mol. The Balaban J connectivity index is 0.800. The van der Waals surface area contributed by atoms with Gasteiger partial charge in [0.2, 0.25) is 5.75 Å². The van der Waals surface area contributed by atoms with Crippen molar-refractivity contribution in [1.29, 1.82) is 0 Å². The van der Waals surface area contributed by atoms with E-state index in [4.69, 9.17) is 21.3 Å². The van der Waals surface area contributed by atoms with Crippen molar-refractivity contribution in [3.05, 3.63) is 68.7 Å². The van der Waals surface area contributed by atoms with Gasteiger partial charge in [-0.15, -0.1) is 0 Å². The van der Waals surface area contributed by atoms with Crippen molar-refractivity contribution in [3.8, 4) is 5.75 Å². The number of rotatable bonds is 8. The van der Waals surface area contributed by atoms with Gasteiger partial charge in [0.25, 0.3) is 5.56 Å². The number of halogens is 6. The van der Waals surface area contributed by atoms with E-state index < -0.39 is 75.0 Å². The molecule has 5 aromatic rings. The van der Waals surface area contributed by atoms with Crippen molar-refractivity contribution in [2.75, 3.05) is 35.2 Å². The molecule has 10 rings (SSSR count). The Labute approximate surface area is 389 Å². The number of piperidine rings is 2. The van der Waals surface area contributed by atoms with Crippen molar-refractivity contribution < 1.29 is 36.3 Å². The molecular formula is C46H50ClF5InN9O4. The molecule has 0 bridgehead atoms. The van der Waals surface area contributed by atoms with E-state index in [1.165, 1.54) is 16.3 Å². The summed E-state index contributed by atoms with van der Waals surface area (Å²) in [6.07, 6.45) is 1.95. The number of pyridine rings is 1. The standard InChI is InChI=1S/C27H30ClF2N6O2.C19H20F3N3O2.In/c1-3-15-8-10-36(11-9-15)26-31-13-19(28)24(34-26)32-17-6-7-20-18(12-17)21-22(25(37)35(20)2)38-14-27(29,30)23(33-21)16-4-5-16;1-4-10(5-2)11-6-7-12-16(13-8-9-14(26)23-18(13)27)24-25(3)17(12)15(11)19(20,21)22;/h3,6-7,12-13,15-16,23,33H,4-5,8-11,14H2,1-2H3,(H,31,32,34);6-7,10,13H,1-2,4-5,8-9H2,3H3,(H,23,26,27);/t23-;;/m0../s1. The van der Waals surface area contributed by atoms with Gasteiger partial charge < -0.3 is 14.6 Å². The van der Waals surface area contributed by atoms with Crippen LogP contribution in [0.3, 0.4) is 0 Å². The van der Waals surface area contributed by atoms with Crippen molar-refractivity contribution in [3.63, 3.8) is 0 Å². The number of carbonyl (C=O) groups is 2. The Bertz CT molecular complexity index is 2820. The van der Waals surface area contributed by atoms with Crippen LogP contribution in [0.25, 0.3) is 21.8 Å². The summed E-state index contributed by atoms with van der Waals surface area (Å²) in [5.41, 5.74) is 0.769. The summed E-state index contributed by atoms with van der Waals surface area (Å²) in [7, 11) is 3.07. The summed E-state index contributed by atoms with van der Waals surface area (Å²) < 4.78 is 86.2. The number of hydrogen-bond acceptors (Lipinski definition) is 10. The number of aryl methyl sites for hydroxylation is 2. The van der Waals surface area contributed by atoms with Gasteiger partial charge in [-0.1, -0.05) is 0 Å². The first-order valence-electron chi connectivity index (χ1n) is 22.9. The number of benzene rings is 2. The van der Waals surface area contributed by atoms with Crippen molar-refractivity contribution in [2.45, 2.75) is 100 Å². The third-order valence-electron chi connectivity index (χ3n) is 15.0. The number of nitrogens with one attached hydrogen (secondary N) is 3. The predicted molar refractivity (Wildman–Crippen MR) is 243 cm³/mol. The predicted octanol–water partition coefficient (Wildman–Crippen LogP) is 9.05. The molecular weight excluding hydrogens is 988 g/mol. The summed E-state index contributed by atoms with van der Waals surface area (Å²) in [5, 5.41) is 14.2. The molecule has 7 heterocycles. The third kappa shape index (κ3) is 8.27. The second kappa shape index (κ2) is 17.1. The Hall–Kier alpha value is -4.65. The average Bonchev–Trinajstić information content (AvgIpc) is 4.10. The maximum absolute atomic E-state index is 15.2. The molecule has 348 valence electrons. The fourth-order valence-corrected chi connectivity index (χ4v) is 23.3. The molecule has 0 spiro atoms. The van der Waals surface area contributed by atoms with Gasteiger partial charge in [0.05, 0.1) is 17.2 Å². The van der Waals surface area contributed by atoms with Gasteiger partial charge in [-0.05, 0) is 18.8 Å². The monoisotopic (exact) mass is 1040 g/mol. The topological polar surface area (TPSA) is 148 Å². The number of carbonyl (C=O) groups excluding carboxylic acids is 2. The molecule has 5 aliphatic rings. The van der Waals surface area contributed by atoms with E-state index in [1.807, 2.05) is 0 Å². The summed E-state index contributed by atoms with van der Waals surface area (Å²) in [4.78, 5) is 49.3. The number of hydrogen-bond donors (Lipinski definition) is 3. The van der Waals surface area contributed by atoms with E-state index in [2.05, 4.69) is 37.9 Å². The van der Waals surface area contributed by atoms with Crippen LogP contribution >= 0.6 is 11.6 Å². The van der Waals surface area contributed by atoms with Crippen molar-refractivity contribution in [1.82, 2.24) is 29.6 Å². The molecule has 4 aliphatic heterocycles. The molecule has 20 heteroatoms. The quantitative estimate of drug-likeness (QED) is 0.102. The molecule has 3 atom stereocenters. The Morgan fingerprint density at radius 1 is 0.985 bits per heavy atom. The second-order valence-corrected chi connectivity index (χ2v) is 30.1. The second-order valence-electron chi connectivity index (χ2n) is 19.0. The molecule has 3 saturated heterocycles. The summed E-state index contributed by atoms with van der Waals surface area (Å²) >= 11 is 4.47. The van der Waals surface area contributed by atoms with Gasteiger partial charge in [-0.2, -0.15) is 0 Å². The van der Waals surface area contributed by atoms with Crippen LogP contribution in [-0.4, -0.2) is 89.2 Å². The minimum absolute atomic E-state index is 0.0130.